The average molecular weight is 217 g/mol. The third-order valence-electron chi connectivity index (χ3n) is 3.20. The fraction of sp³-hybridized carbons (Fsp3) is 0.417. The van der Waals surface area contributed by atoms with Crippen LogP contribution in [0.4, 0.5) is 5.82 Å². The largest absolute Gasteiger partial charge is 0.469 e. The molecule has 0 aliphatic heterocycles. The predicted molar refractivity (Wildman–Crippen MR) is 61.2 cm³/mol. The number of aryl methyl sites for hydroxylation is 2. The van der Waals surface area contributed by atoms with E-state index in [4.69, 9.17) is 10.2 Å². The Morgan fingerprint density at radius 1 is 1.56 bits per heavy atom. The Balaban J connectivity index is 2.07. The average Bonchev–Trinajstić information content (AvgIpc) is 2.84. The molecule has 3 rings (SSSR count). The van der Waals surface area contributed by atoms with E-state index < -0.39 is 0 Å². The minimum Gasteiger partial charge on any atom is -0.469 e. The molecule has 0 saturated heterocycles. The van der Waals surface area contributed by atoms with E-state index in [0.717, 1.165) is 36.5 Å². The van der Waals surface area contributed by atoms with Gasteiger partial charge >= 0.3 is 0 Å². The van der Waals surface area contributed by atoms with Gasteiger partial charge in [0.15, 0.2) is 0 Å². The summed E-state index contributed by atoms with van der Waals surface area (Å²) < 4.78 is 7.39. The van der Waals surface area contributed by atoms with Crippen LogP contribution in [0.5, 0.6) is 0 Å². The van der Waals surface area contributed by atoms with E-state index in [-0.39, 0.29) is 6.04 Å². The van der Waals surface area contributed by atoms with Crippen LogP contribution in [-0.2, 0) is 6.42 Å². The molecular formula is C12H15N3O. The minimum atomic E-state index is 0.246. The van der Waals surface area contributed by atoms with E-state index in [9.17, 15) is 0 Å². The van der Waals surface area contributed by atoms with Gasteiger partial charge in [-0.15, -0.1) is 0 Å². The summed E-state index contributed by atoms with van der Waals surface area (Å²) in [5.41, 5.74) is 8.17. The molecule has 1 aliphatic rings. The molecule has 1 atom stereocenters. The van der Waals surface area contributed by atoms with Crippen molar-refractivity contribution in [2.45, 2.75) is 32.2 Å². The summed E-state index contributed by atoms with van der Waals surface area (Å²) in [6, 6.07) is 4.19. The lowest BCUT2D eigenvalue weighted by atomic mass is 9.93. The van der Waals surface area contributed by atoms with Crippen LogP contribution in [-0.4, -0.2) is 9.78 Å². The molecule has 4 heteroatoms. The lowest BCUT2D eigenvalue weighted by Gasteiger charge is -2.22. The molecule has 1 unspecified atom stereocenters. The first-order valence-electron chi connectivity index (χ1n) is 5.63. The second-order valence-electron chi connectivity index (χ2n) is 4.36. The first-order chi connectivity index (χ1) is 7.75. The molecule has 16 heavy (non-hydrogen) atoms. The zero-order valence-electron chi connectivity index (χ0n) is 9.31. The maximum atomic E-state index is 5.97. The number of aromatic nitrogens is 2. The summed E-state index contributed by atoms with van der Waals surface area (Å²) in [5, 5.41) is 4.46. The molecule has 0 bridgehead atoms. The molecule has 2 aromatic rings. The van der Waals surface area contributed by atoms with Crippen molar-refractivity contribution in [1.29, 1.82) is 0 Å². The first kappa shape index (κ1) is 9.51. The molecule has 4 nitrogen and oxygen atoms in total. The van der Waals surface area contributed by atoms with Crippen LogP contribution in [0, 0.1) is 6.92 Å². The monoisotopic (exact) mass is 217 g/mol. The van der Waals surface area contributed by atoms with Gasteiger partial charge in [-0.05, 0) is 25.8 Å². The van der Waals surface area contributed by atoms with Gasteiger partial charge in [0, 0.05) is 18.1 Å². The molecule has 0 fully saturated rings. The van der Waals surface area contributed by atoms with Gasteiger partial charge in [-0.25, -0.2) is 4.68 Å². The molecule has 0 radical (unpaired) electrons. The van der Waals surface area contributed by atoms with Gasteiger partial charge in [0.25, 0.3) is 0 Å². The summed E-state index contributed by atoms with van der Waals surface area (Å²) in [6.07, 6.45) is 5.00. The molecule has 0 saturated carbocycles. The number of hydrogen-bond acceptors (Lipinski definition) is 3. The normalized spacial score (nSPS) is 19.7. The summed E-state index contributed by atoms with van der Waals surface area (Å²) in [4.78, 5) is 0. The van der Waals surface area contributed by atoms with Crippen molar-refractivity contribution < 1.29 is 4.42 Å². The zero-order valence-corrected chi connectivity index (χ0v) is 9.31. The Kier molecular flexibility index (Phi) is 2.02. The highest BCUT2D eigenvalue weighted by molar-refractivity contribution is 5.35. The van der Waals surface area contributed by atoms with Gasteiger partial charge in [-0.2, -0.15) is 5.10 Å². The van der Waals surface area contributed by atoms with E-state index >= 15 is 0 Å². The number of hydrogen-bond donors (Lipinski definition) is 1. The highest BCUT2D eigenvalue weighted by atomic mass is 16.3. The van der Waals surface area contributed by atoms with Gasteiger partial charge < -0.3 is 10.2 Å². The molecule has 2 N–H and O–H groups in total. The van der Waals surface area contributed by atoms with Crippen molar-refractivity contribution >= 4 is 5.82 Å². The number of nitrogens with zero attached hydrogens (tertiary/aromatic N) is 2. The van der Waals surface area contributed by atoms with E-state index in [1.54, 1.807) is 6.26 Å². The smallest absolute Gasteiger partial charge is 0.122 e. The van der Waals surface area contributed by atoms with Gasteiger partial charge in [0.1, 0.15) is 11.6 Å². The lowest BCUT2D eigenvalue weighted by molar-refractivity contribution is 0.408. The Bertz CT molecular complexity index is 512. The highest BCUT2D eigenvalue weighted by Crippen LogP contribution is 2.34. The number of nitrogen functional groups attached to an aromatic ring is 1. The Hall–Kier alpha value is -1.71. The topological polar surface area (TPSA) is 57.0 Å². The van der Waals surface area contributed by atoms with Crippen LogP contribution in [0.2, 0.25) is 0 Å². The third-order valence-corrected chi connectivity index (χ3v) is 3.20. The van der Waals surface area contributed by atoms with E-state index in [0.29, 0.717) is 0 Å². The molecule has 0 aromatic carbocycles. The molecule has 84 valence electrons. The second-order valence-corrected chi connectivity index (χ2v) is 4.36. The maximum Gasteiger partial charge on any atom is 0.122 e. The van der Waals surface area contributed by atoms with Crippen molar-refractivity contribution in [3.63, 3.8) is 0 Å². The molecule has 2 heterocycles. The summed E-state index contributed by atoms with van der Waals surface area (Å²) in [5.74, 6) is 1.82. The molecule has 1 aliphatic carbocycles. The molecule has 0 spiro atoms. The maximum absolute atomic E-state index is 5.97. The quantitative estimate of drug-likeness (QED) is 0.797. The van der Waals surface area contributed by atoms with Crippen LogP contribution < -0.4 is 5.73 Å². The van der Waals surface area contributed by atoms with E-state index in [1.807, 2.05) is 23.7 Å². The SMILES string of the molecule is Cc1cc(N)n(C2CCCc3occc32)n1. The molecular weight excluding hydrogens is 202 g/mol. The Labute approximate surface area is 94.0 Å². The van der Waals surface area contributed by atoms with Crippen molar-refractivity contribution in [2.24, 2.45) is 0 Å². The number of fused-ring (bicyclic) bond motifs is 1. The van der Waals surface area contributed by atoms with Crippen molar-refractivity contribution in [1.82, 2.24) is 9.78 Å². The summed E-state index contributed by atoms with van der Waals surface area (Å²) in [7, 11) is 0. The highest BCUT2D eigenvalue weighted by Gasteiger charge is 2.25. The van der Waals surface area contributed by atoms with E-state index in [1.165, 1.54) is 5.56 Å². The number of furan rings is 1. The van der Waals surface area contributed by atoms with Crippen LogP contribution in [0.1, 0.15) is 35.9 Å². The first-order valence-corrected chi connectivity index (χ1v) is 5.63. The standard InChI is InChI=1S/C12H15N3O/c1-8-7-12(13)15(14-8)10-3-2-4-11-9(10)5-6-16-11/h5-7,10H,2-4,13H2,1H3. The van der Waals surface area contributed by atoms with Gasteiger partial charge in [-0.3, -0.25) is 0 Å². The predicted octanol–water partition coefficient (Wildman–Crippen LogP) is 2.29. The van der Waals surface area contributed by atoms with Gasteiger partial charge in [0.2, 0.25) is 0 Å². The van der Waals surface area contributed by atoms with Crippen molar-refractivity contribution in [3.05, 3.63) is 35.4 Å². The van der Waals surface area contributed by atoms with Crippen LogP contribution in [0.3, 0.4) is 0 Å². The Morgan fingerprint density at radius 2 is 2.44 bits per heavy atom. The van der Waals surface area contributed by atoms with Crippen molar-refractivity contribution in [3.8, 4) is 0 Å². The summed E-state index contributed by atoms with van der Waals surface area (Å²) in [6.45, 7) is 1.96. The fourth-order valence-electron chi connectivity index (χ4n) is 2.50. The van der Waals surface area contributed by atoms with Crippen LogP contribution >= 0.6 is 0 Å². The number of nitrogens with two attached hydrogens (primary N) is 1. The van der Waals surface area contributed by atoms with Crippen molar-refractivity contribution in [2.75, 3.05) is 5.73 Å². The van der Waals surface area contributed by atoms with E-state index in [2.05, 4.69) is 5.10 Å². The van der Waals surface area contributed by atoms with Gasteiger partial charge in [-0.1, -0.05) is 0 Å². The van der Waals surface area contributed by atoms with Gasteiger partial charge in [0.05, 0.1) is 18.0 Å². The minimum absolute atomic E-state index is 0.246. The van der Waals surface area contributed by atoms with Crippen LogP contribution in [0.25, 0.3) is 0 Å². The number of rotatable bonds is 1. The summed E-state index contributed by atoms with van der Waals surface area (Å²) >= 11 is 0. The lowest BCUT2D eigenvalue weighted by Crippen LogP contribution is -2.18. The zero-order chi connectivity index (χ0) is 11.1. The second kappa shape index (κ2) is 3.40. The third kappa shape index (κ3) is 1.33. The number of anilines is 1. The molecule has 2 aromatic heterocycles. The molecule has 0 amide bonds. The Morgan fingerprint density at radius 3 is 3.19 bits per heavy atom. The van der Waals surface area contributed by atoms with Crippen LogP contribution in [0.15, 0.2) is 22.8 Å². The fourth-order valence-corrected chi connectivity index (χ4v) is 2.50.